The molecule has 0 spiro atoms. The van der Waals surface area contributed by atoms with Crippen molar-refractivity contribution in [3.63, 3.8) is 0 Å². The van der Waals surface area contributed by atoms with E-state index in [-0.39, 0.29) is 12.4 Å². The fourth-order valence-corrected chi connectivity index (χ4v) is 1.59. The summed E-state index contributed by atoms with van der Waals surface area (Å²) < 4.78 is 18.6. The van der Waals surface area contributed by atoms with E-state index in [1.807, 2.05) is 6.92 Å². The second kappa shape index (κ2) is 7.06. The first-order chi connectivity index (χ1) is 8.58. The minimum absolute atomic E-state index is 0.159. The molecule has 0 amide bonds. The molecule has 4 nitrogen and oxygen atoms in total. The molecule has 0 saturated carbocycles. The van der Waals surface area contributed by atoms with Crippen LogP contribution in [0.1, 0.15) is 20.3 Å². The van der Waals surface area contributed by atoms with Crippen molar-refractivity contribution in [3.05, 3.63) is 17.9 Å². The topological polar surface area (TPSA) is 67.5 Å². The van der Waals surface area contributed by atoms with Crippen LogP contribution in [0.3, 0.4) is 0 Å². The maximum absolute atomic E-state index is 13.5. The quantitative estimate of drug-likeness (QED) is 0.654. The van der Waals surface area contributed by atoms with Gasteiger partial charge in [-0.3, -0.25) is 0 Å². The van der Waals surface area contributed by atoms with E-state index in [0.29, 0.717) is 36.9 Å². The monoisotopic (exact) mass is 256 g/mol. The molecule has 0 aliphatic carbocycles. The summed E-state index contributed by atoms with van der Waals surface area (Å²) in [6.45, 7) is 5.05. The summed E-state index contributed by atoms with van der Waals surface area (Å²) in [5.74, 6) is 0.0577. The van der Waals surface area contributed by atoms with Gasteiger partial charge >= 0.3 is 0 Å². The molecule has 0 saturated heterocycles. The van der Waals surface area contributed by atoms with Gasteiger partial charge in [0.05, 0.1) is 18.0 Å². The third-order valence-corrected chi connectivity index (χ3v) is 2.67. The summed E-state index contributed by atoms with van der Waals surface area (Å²) in [6.07, 6.45) is 0.715. The Kier molecular flexibility index (Phi) is 5.71. The highest BCUT2D eigenvalue weighted by molar-refractivity contribution is 5.68. The number of benzene rings is 1. The van der Waals surface area contributed by atoms with Crippen LogP contribution < -0.4 is 15.8 Å². The molecule has 0 bridgehead atoms. The van der Waals surface area contributed by atoms with Crippen molar-refractivity contribution in [2.45, 2.75) is 20.3 Å². The number of nitrogens with two attached hydrogens (primary N) is 1. The lowest BCUT2D eigenvalue weighted by atomic mass is 10.1. The second-order valence-electron chi connectivity index (χ2n) is 4.30. The number of halogens is 1. The number of ether oxygens (including phenoxy) is 1. The number of aliphatic hydroxyl groups excluding tert-OH is 1. The molecular formula is C13H21FN2O2. The highest BCUT2D eigenvalue weighted by atomic mass is 19.1. The van der Waals surface area contributed by atoms with Crippen molar-refractivity contribution < 1.29 is 14.2 Å². The Morgan fingerprint density at radius 1 is 1.50 bits per heavy atom. The molecule has 5 heteroatoms. The van der Waals surface area contributed by atoms with Crippen molar-refractivity contribution in [1.29, 1.82) is 0 Å². The lowest BCUT2D eigenvalue weighted by Crippen LogP contribution is -2.14. The van der Waals surface area contributed by atoms with Gasteiger partial charge in [-0.15, -0.1) is 0 Å². The summed E-state index contributed by atoms with van der Waals surface area (Å²) in [5, 5.41) is 12.0. The molecule has 0 aliphatic heterocycles. The first-order valence-corrected chi connectivity index (χ1v) is 6.15. The molecule has 0 fully saturated rings. The van der Waals surface area contributed by atoms with Gasteiger partial charge in [0.2, 0.25) is 0 Å². The van der Waals surface area contributed by atoms with Crippen LogP contribution in [0.2, 0.25) is 0 Å². The molecule has 0 aromatic heterocycles. The Labute approximate surface area is 107 Å². The van der Waals surface area contributed by atoms with Crippen molar-refractivity contribution in [3.8, 4) is 5.75 Å². The van der Waals surface area contributed by atoms with E-state index in [2.05, 4.69) is 5.32 Å². The summed E-state index contributed by atoms with van der Waals surface area (Å²) in [6, 6.07) is 2.82. The SMILES string of the molecule is CCOc1cc(NCC(C)CCO)c(N)cc1F. The predicted octanol–water partition coefficient (Wildman–Crippen LogP) is 2.24. The van der Waals surface area contributed by atoms with Crippen molar-refractivity contribution in [2.24, 2.45) is 5.92 Å². The highest BCUT2D eigenvalue weighted by Crippen LogP contribution is 2.28. The number of hydrogen-bond acceptors (Lipinski definition) is 4. The van der Waals surface area contributed by atoms with Crippen molar-refractivity contribution in [1.82, 2.24) is 0 Å². The minimum atomic E-state index is -0.455. The first kappa shape index (κ1) is 14.6. The van der Waals surface area contributed by atoms with Crippen LogP contribution in [0.5, 0.6) is 5.75 Å². The molecule has 1 aromatic rings. The number of rotatable bonds is 7. The van der Waals surface area contributed by atoms with E-state index in [9.17, 15) is 4.39 Å². The van der Waals surface area contributed by atoms with E-state index in [1.54, 1.807) is 13.0 Å². The largest absolute Gasteiger partial charge is 0.491 e. The first-order valence-electron chi connectivity index (χ1n) is 6.15. The normalized spacial score (nSPS) is 12.2. The van der Waals surface area contributed by atoms with Gasteiger partial charge in [0.1, 0.15) is 0 Å². The van der Waals surface area contributed by atoms with Crippen LogP contribution in [0, 0.1) is 11.7 Å². The minimum Gasteiger partial charge on any atom is -0.491 e. The van der Waals surface area contributed by atoms with Gasteiger partial charge in [0, 0.05) is 25.3 Å². The fourth-order valence-electron chi connectivity index (χ4n) is 1.59. The van der Waals surface area contributed by atoms with E-state index in [1.165, 1.54) is 6.07 Å². The molecule has 1 unspecified atom stereocenters. The van der Waals surface area contributed by atoms with Crippen molar-refractivity contribution >= 4 is 11.4 Å². The molecule has 1 aromatic carbocycles. The Bertz CT molecular complexity index is 385. The molecule has 0 heterocycles. The van der Waals surface area contributed by atoms with Crippen LogP contribution in [0.4, 0.5) is 15.8 Å². The summed E-state index contributed by atoms with van der Waals surface area (Å²) >= 11 is 0. The zero-order valence-electron chi connectivity index (χ0n) is 10.9. The van der Waals surface area contributed by atoms with Crippen LogP contribution in [0.15, 0.2) is 12.1 Å². The van der Waals surface area contributed by atoms with Crippen LogP contribution >= 0.6 is 0 Å². The molecule has 1 atom stereocenters. The average molecular weight is 256 g/mol. The van der Waals surface area contributed by atoms with E-state index >= 15 is 0 Å². The summed E-state index contributed by atoms with van der Waals surface area (Å²) in [4.78, 5) is 0. The van der Waals surface area contributed by atoms with E-state index in [4.69, 9.17) is 15.6 Å². The lowest BCUT2D eigenvalue weighted by Gasteiger charge is -2.15. The Morgan fingerprint density at radius 2 is 2.22 bits per heavy atom. The Hall–Kier alpha value is -1.49. The van der Waals surface area contributed by atoms with Gasteiger partial charge < -0.3 is 20.9 Å². The smallest absolute Gasteiger partial charge is 0.167 e. The number of nitrogen functional groups attached to an aromatic ring is 1. The Morgan fingerprint density at radius 3 is 2.83 bits per heavy atom. The molecule has 1 rings (SSSR count). The lowest BCUT2D eigenvalue weighted by molar-refractivity contribution is 0.266. The maximum Gasteiger partial charge on any atom is 0.167 e. The molecule has 0 radical (unpaired) electrons. The van der Waals surface area contributed by atoms with Gasteiger partial charge in [-0.2, -0.15) is 0 Å². The third-order valence-electron chi connectivity index (χ3n) is 2.67. The summed E-state index contributed by atoms with van der Waals surface area (Å²) in [7, 11) is 0. The molecule has 0 aliphatic rings. The molecule has 18 heavy (non-hydrogen) atoms. The average Bonchev–Trinajstić information content (AvgIpc) is 2.31. The zero-order chi connectivity index (χ0) is 13.5. The van der Waals surface area contributed by atoms with Gasteiger partial charge in [-0.1, -0.05) is 6.92 Å². The molecular weight excluding hydrogens is 235 g/mol. The van der Waals surface area contributed by atoms with Gasteiger partial charge in [0.25, 0.3) is 0 Å². The molecule has 4 N–H and O–H groups in total. The van der Waals surface area contributed by atoms with E-state index < -0.39 is 5.82 Å². The predicted molar refractivity (Wildman–Crippen MR) is 71.3 cm³/mol. The number of anilines is 2. The van der Waals surface area contributed by atoms with Gasteiger partial charge in [-0.05, 0) is 19.3 Å². The maximum atomic E-state index is 13.5. The molecule has 102 valence electrons. The van der Waals surface area contributed by atoms with Crippen molar-refractivity contribution in [2.75, 3.05) is 30.8 Å². The van der Waals surface area contributed by atoms with Gasteiger partial charge in [-0.25, -0.2) is 4.39 Å². The highest BCUT2D eigenvalue weighted by Gasteiger charge is 2.09. The van der Waals surface area contributed by atoms with Gasteiger partial charge in [0.15, 0.2) is 11.6 Å². The zero-order valence-corrected chi connectivity index (χ0v) is 10.9. The Balaban J connectivity index is 2.72. The van der Waals surface area contributed by atoms with Crippen LogP contribution in [-0.4, -0.2) is 24.9 Å². The number of nitrogens with one attached hydrogen (secondary N) is 1. The second-order valence-corrected chi connectivity index (χ2v) is 4.30. The summed E-state index contributed by atoms with van der Waals surface area (Å²) in [5.41, 5.74) is 6.75. The standard InChI is InChI=1S/C13H21FN2O2/c1-3-18-13-7-12(11(15)6-10(13)14)16-8-9(2)4-5-17/h6-7,9,16-17H,3-5,8,15H2,1-2H3. The number of hydrogen-bond donors (Lipinski definition) is 3. The fraction of sp³-hybridized carbons (Fsp3) is 0.538. The van der Waals surface area contributed by atoms with Crippen LogP contribution in [0.25, 0.3) is 0 Å². The number of aliphatic hydroxyl groups is 1. The van der Waals surface area contributed by atoms with E-state index in [0.717, 1.165) is 0 Å². The third kappa shape index (κ3) is 4.07. The van der Waals surface area contributed by atoms with Crippen LogP contribution in [-0.2, 0) is 0 Å².